The Bertz CT molecular complexity index is 534. The fourth-order valence-corrected chi connectivity index (χ4v) is 1.89. The van der Waals surface area contributed by atoms with Crippen molar-refractivity contribution in [3.8, 4) is 0 Å². The average Bonchev–Trinajstić information content (AvgIpc) is 2.79. The van der Waals surface area contributed by atoms with Gasteiger partial charge in [-0.25, -0.2) is 10.8 Å². The summed E-state index contributed by atoms with van der Waals surface area (Å²) >= 11 is 0. The zero-order valence-electron chi connectivity index (χ0n) is 9.92. The number of amides is 1. The van der Waals surface area contributed by atoms with Gasteiger partial charge in [-0.3, -0.25) is 10.2 Å². The van der Waals surface area contributed by atoms with Crippen molar-refractivity contribution in [3.05, 3.63) is 30.6 Å². The standard InChI is InChI=1S/C12H16N4O/c1-8(12(17)15-13)9(2)16-7-14-10-5-3-4-6-11(10)16/h3-9H,13H2,1-2H3,(H,15,17). The minimum absolute atomic E-state index is 0.00551. The predicted octanol–water partition coefficient (Wildman–Crippen LogP) is 1.22. The molecule has 2 rings (SSSR count). The zero-order valence-corrected chi connectivity index (χ0v) is 9.92. The summed E-state index contributed by atoms with van der Waals surface area (Å²) in [6.45, 7) is 3.83. The predicted molar refractivity (Wildman–Crippen MR) is 65.9 cm³/mol. The minimum Gasteiger partial charge on any atom is -0.327 e. The van der Waals surface area contributed by atoms with Crippen molar-refractivity contribution >= 4 is 16.9 Å². The highest BCUT2D eigenvalue weighted by Crippen LogP contribution is 2.22. The molecule has 1 aromatic heterocycles. The minimum atomic E-state index is -0.211. The van der Waals surface area contributed by atoms with Gasteiger partial charge in [-0.2, -0.15) is 0 Å². The number of hydrogen-bond donors (Lipinski definition) is 2. The van der Waals surface area contributed by atoms with Crippen molar-refractivity contribution < 1.29 is 4.79 Å². The number of benzene rings is 1. The first-order valence-corrected chi connectivity index (χ1v) is 5.57. The summed E-state index contributed by atoms with van der Waals surface area (Å²) in [5.41, 5.74) is 4.14. The number of carbonyl (C=O) groups is 1. The van der Waals surface area contributed by atoms with Gasteiger partial charge in [0, 0.05) is 6.04 Å². The van der Waals surface area contributed by atoms with Gasteiger partial charge in [0.25, 0.3) is 0 Å². The molecule has 0 radical (unpaired) electrons. The number of rotatable bonds is 3. The van der Waals surface area contributed by atoms with Crippen molar-refractivity contribution in [2.75, 3.05) is 0 Å². The second-order valence-electron chi connectivity index (χ2n) is 4.18. The normalized spacial score (nSPS) is 14.5. The van der Waals surface area contributed by atoms with Gasteiger partial charge < -0.3 is 4.57 Å². The Balaban J connectivity index is 2.36. The summed E-state index contributed by atoms with van der Waals surface area (Å²) in [6.07, 6.45) is 1.76. The molecule has 0 aliphatic rings. The van der Waals surface area contributed by atoms with E-state index in [0.717, 1.165) is 11.0 Å². The van der Waals surface area contributed by atoms with Gasteiger partial charge in [0.1, 0.15) is 0 Å². The summed E-state index contributed by atoms with van der Waals surface area (Å²) in [5, 5.41) is 0. The SMILES string of the molecule is CC(C(=O)NN)C(C)n1cnc2ccccc21. The van der Waals surface area contributed by atoms with Crippen LogP contribution in [0.15, 0.2) is 30.6 Å². The number of nitrogens with two attached hydrogens (primary N) is 1. The number of para-hydroxylation sites is 2. The highest BCUT2D eigenvalue weighted by Gasteiger charge is 2.21. The van der Waals surface area contributed by atoms with E-state index < -0.39 is 0 Å². The third-order valence-corrected chi connectivity index (χ3v) is 3.20. The van der Waals surface area contributed by atoms with Gasteiger partial charge in [-0.1, -0.05) is 19.1 Å². The molecular formula is C12H16N4O. The van der Waals surface area contributed by atoms with Gasteiger partial charge in [0.2, 0.25) is 5.91 Å². The van der Waals surface area contributed by atoms with Crippen LogP contribution in [0.2, 0.25) is 0 Å². The molecule has 5 heteroatoms. The molecule has 5 nitrogen and oxygen atoms in total. The third-order valence-electron chi connectivity index (χ3n) is 3.20. The Morgan fingerprint density at radius 3 is 2.82 bits per heavy atom. The zero-order chi connectivity index (χ0) is 12.4. The number of imidazole rings is 1. The monoisotopic (exact) mass is 232 g/mol. The molecule has 0 spiro atoms. The lowest BCUT2D eigenvalue weighted by molar-refractivity contribution is -0.125. The molecule has 0 saturated heterocycles. The Morgan fingerprint density at radius 1 is 1.41 bits per heavy atom. The number of nitrogens with one attached hydrogen (secondary N) is 1. The van der Waals surface area contributed by atoms with Crippen LogP contribution in [0.3, 0.4) is 0 Å². The number of carbonyl (C=O) groups excluding carboxylic acids is 1. The molecule has 2 atom stereocenters. The van der Waals surface area contributed by atoms with E-state index in [1.54, 1.807) is 6.33 Å². The Morgan fingerprint density at radius 2 is 2.12 bits per heavy atom. The third kappa shape index (κ3) is 2.01. The molecule has 2 aromatic rings. The van der Waals surface area contributed by atoms with E-state index in [1.807, 2.05) is 42.7 Å². The topological polar surface area (TPSA) is 72.9 Å². The lowest BCUT2D eigenvalue weighted by Crippen LogP contribution is -2.37. The van der Waals surface area contributed by atoms with E-state index >= 15 is 0 Å². The van der Waals surface area contributed by atoms with Crippen molar-refractivity contribution in [3.63, 3.8) is 0 Å². The lowest BCUT2D eigenvalue weighted by atomic mass is 10.0. The molecule has 2 unspecified atom stereocenters. The summed E-state index contributed by atoms with van der Waals surface area (Å²) in [4.78, 5) is 15.8. The van der Waals surface area contributed by atoms with Crippen LogP contribution in [0.1, 0.15) is 19.9 Å². The van der Waals surface area contributed by atoms with Crippen LogP contribution in [0.5, 0.6) is 0 Å². The van der Waals surface area contributed by atoms with E-state index in [4.69, 9.17) is 5.84 Å². The molecule has 1 heterocycles. The Hall–Kier alpha value is -1.88. The summed E-state index contributed by atoms with van der Waals surface area (Å²) in [7, 11) is 0. The van der Waals surface area contributed by atoms with Crippen molar-refractivity contribution in [1.82, 2.24) is 15.0 Å². The molecule has 1 amide bonds. The maximum atomic E-state index is 11.5. The number of hydrogen-bond acceptors (Lipinski definition) is 3. The molecule has 1 aromatic carbocycles. The van der Waals surface area contributed by atoms with Gasteiger partial charge >= 0.3 is 0 Å². The van der Waals surface area contributed by atoms with E-state index in [-0.39, 0.29) is 17.9 Å². The van der Waals surface area contributed by atoms with Crippen LogP contribution in [-0.2, 0) is 4.79 Å². The van der Waals surface area contributed by atoms with Gasteiger partial charge in [-0.05, 0) is 19.1 Å². The molecule has 90 valence electrons. The van der Waals surface area contributed by atoms with Crippen LogP contribution >= 0.6 is 0 Å². The first kappa shape index (κ1) is 11.6. The van der Waals surface area contributed by atoms with Gasteiger partial charge in [-0.15, -0.1) is 0 Å². The summed E-state index contributed by atoms with van der Waals surface area (Å²) in [5.74, 6) is 4.77. The molecule has 0 aliphatic carbocycles. The fourth-order valence-electron chi connectivity index (χ4n) is 1.89. The smallest absolute Gasteiger partial charge is 0.238 e. The van der Waals surface area contributed by atoms with Crippen molar-refractivity contribution in [2.24, 2.45) is 11.8 Å². The largest absolute Gasteiger partial charge is 0.327 e. The second-order valence-corrected chi connectivity index (χ2v) is 4.18. The van der Waals surface area contributed by atoms with Crippen LogP contribution in [0.25, 0.3) is 11.0 Å². The van der Waals surface area contributed by atoms with Crippen LogP contribution in [0.4, 0.5) is 0 Å². The summed E-state index contributed by atoms with van der Waals surface area (Å²) in [6, 6.07) is 7.85. The van der Waals surface area contributed by atoms with Crippen LogP contribution < -0.4 is 11.3 Å². The van der Waals surface area contributed by atoms with Gasteiger partial charge in [0.15, 0.2) is 0 Å². The quantitative estimate of drug-likeness (QED) is 0.475. The van der Waals surface area contributed by atoms with E-state index in [0.29, 0.717) is 0 Å². The molecular weight excluding hydrogens is 216 g/mol. The summed E-state index contributed by atoms with van der Waals surface area (Å²) < 4.78 is 2.00. The van der Waals surface area contributed by atoms with Crippen LogP contribution in [0, 0.1) is 5.92 Å². The van der Waals surface area contributed by atoms with Gasteiger partial charge in [0.05, 0.1) is 23.3 Å². The Kier molecular flexibility index (Phi) is 3.10. The fraction of sp³-hybridized carbons (Fsp3) is 0.333. The van der Waals surface area contributed by atoms with Crippen molar-refractivity contribution in [1.29, 1.82) is 0 Å². The number of hydrazine groups is 1. The maximum Gasteiger partial charge on any atom is 0.238 e. The lowest BCUT2D eigenvalue weighted by Gasteiger charge is -2.20. The second kappa shape index (κ2) is 4.55. The first-order chi connectivity index (χ1) is 8.15. The maximum absolute atomic E-state index is 11.5. The number of fused-ring (bicyclic) bond motifs is 1. The van der Waals surface area contributed by atoms with Crippen LogP contribution in [-0.4, -0.2) is 15.5 Å². The molecule has 0 bridgehead atoms. The van der Waals surface area contributed by atoms with E-state index in [1.165, 1.54) is 0 Å². The molecule has 0 saturated carbocycles. The van der Waals surface area contributed by atoms with Crippen molar-refractivity contribution in [2.45, 2.75) is 19.9 Å². The molecule has 0 aliphatic heterocycles. The average molecular weight is 232 g/mol. The molecule has 3 N–H and O–H groups in total. The molecule has 0 fully saturated rings. The number of aromatic nitrogens is 2. The first-order valence-electron chi connectivity index (χ1n) is 5.57. The molecule has 17 heavy (non-hydrogen) atoms. The Labute approximate surface area is 99.6 Å². The highest BCUT2D eigenvalue weighted by molar-refractivity contribution is 5.79. The highest BCUT2D eigenvalue weighted by atomic mass is 16.2. The number of nitrogens with zero attached hydrogens (tertiary/aromatic N) is 2. The van der Waals surface area contributed by atoms with E-state index in [9.17, 15) is 4.79 Å². The van der Waals surface area contributed by atoms with E-state index in [2.05, 4.69) is 10.4 Å².